The van der Waals surface area contributed by atoms with Crippen molar-refractivity contribution in [3.63, 3.8) is 0 Å². The van der Waals surface area contributed by atoms with E-state index in [0.717, 1.165) is 22.6 Å². The summed E-state index contributed by atoms with van der Waals surface area (Å²) in [5.74, 6) is 1.71. The van der Waals surface area contributed by atoms with E-state index in [9.17, 15) is 9.90 Å². The molecule has 0 fully saturated rings. The Balaban J connectivity index is 1.34. The normalized spacial score (nSPS) is 10.6. The number of aryl methyl sites for hydroxylation is 1. The highest BCUT2D eigenvalue weighted by Gasteiger charge is 2.20. The minimum Gasteiger partial charge on any atom is -0.496 e. The van der Waals surface area contributed by atoms with Gasteiger partial charge in [0.2, 0.25) is 5.89 Å². The molecule has 186 valence electrons. The Labute approximate surface area is 209 Å². The fourth-order valence-corrected chi connectivity index (χ4v) is 3.64. The molecule has 1 N–H and O–H groups in total. The van der Waals surface area contributed by atoms with Crippen LogP contribution < -0.4 is 18.9 Å². The molecule has 0 saturated carbocycles. The Hall–Kier alpha value is -4.46. The van der Waals surface area contributed by atoms with E-state index in [1.54, 1.807) is 0 Å². The van der Waals surface area contributed by atoms with E-state index in [0.29, 0.717) is 30.4 Å². The third-order valence-electron chi connectivity index (χ3n) is 5.55. The van der Waals surface area contributed by atoms with Gasteiger partial charge in [-0.3, -0.25) is 0 Å². The summed E-state index contributed by atoms with van der Waals surface area (Å²) in [7, 11) is 2.89. The molecule has 0 atom stereocenters. The molecular weight excluding hydrogens is 462 g/mol. The highest BCUT2D eigenvalue weighted by molar-refractivity contribution is 5.94. The Kier molecular flexibility index (Phi) is 7.75. The third-order valence-corrected chi connectivity index (χ3v) is 5.55. The zero-order valence-electron chi connectivity index (χ0n) is 20.3. The Morgan fingerprint density at radius 3 is 2.31 bits per heavy atom. The minimum absolute atomic E-state index is 0.0585. The number of hydrogen-bond acceptors (Lipinski definition) is 7. The Bertz CT molecular complexity index is 1310. The van der Waals surface area contributed by atoms with E-state index in [2.05, 4.69) is 4.98 Å². The van der Waals surface area contributed by atoms with Gasteiger partial charge in [0.05, 0.1) is 26.5 Å². The van der Waals surface area contributed by atoms with E-state index in [4.69, 9.17) is 23.4 Å². The van der Waals surface area contributed by atoms with E-state index in [1.807, 2.05) is 61.5 Å². The van der Waals surface area contributed by atoms with Gasteiger partial charge in [-0.25, -0.2) is 9.78 Å². The van der Waals surface area contributed by atoms with Gasteiger partial charge in [-0.2, -0.15) is 0 Å². The monoisotopic (exact) mass is 489 g/mol. The van der Waals surface area contributed by atoms with E-state index in [1.165, 1.54) is 26.4 Å². The number of carbonyl (C=O) groups is 1. The maximum atomic E-state index is 11.7. The summed E-state index contributed by atoms with van der Waals surface area (Å²) < 4.78 is 27.9. The quantitative estimate of drug-likeness (QED) is 0.292. The summed E-state index contributed by atoms with van der Waals surface area (Å²) in [5.41, 5.74) is 2.59. The van der Waals surface area contributed by atoms with Gasteiger partial charge in [-0.05, 0) is 36.8 Å². The molecule has 0 aliphatic rings. The van der Waals surface area contributed by atoms with Gasteiger partial charge >= 0.3 is 5.97 Å². The predicted molar refractivity (Wildman–Crippen MR) is 133 cm³/mol. The van der Waals surface area contributed by atoms with Crippen LogP contribution in [-0.4, -0.2) is 36.9 Å². The highest BCUT2D eigenvalue weighted by atomic mass is 16.5. The van der Waals surface area contributed by atoms with Gasteiger partial charge in [0.15, 0.2) is 0 Å². The first kappa shape index (κ1) is 24.7. The number of nitrogens with zero attached hydrogens (tertiary/aromatic N) is 1. The van der Waals surface area contributed by atoms with Crippen molar-refractivity contribution in [1.29, 1.82) is 0 Å². The van der Waals surface area contributed by atoms with Gasteiger partial charge in [0, 0.05) is 24.1 Å². The summed E-state index contributed by atoms with van der Waals surface area (Å²) in [5, 5.41) is 9.59. The number of oxazole rings is 1. The first-order chi connectivity index (χ1) is 17.5. The van der Waals surface area contributed by atoms with E-state index < -0.39 is 5.97 Å². The van der Waals surface area contributed by atoms with Crippen molar-refractivity contribution in [3.05, 3.63) is 89.3 Å². The topological polar surface area (TPSA) is 100 Å². The number of carboxylic acid groups (broad SMARTS) is 1. The fourth-order valence-electron chi connectivity index (χ4n) is 3.64. The first-order valence-corrected chi connectivity index (χ1v) is 11.3. The molecule has 36 heavy (non-hydrogen) atoms. The average molecular weight is 490 g/mol. The van der Waals surface area contributed by atoms with Crippen LogP contribution in [0.3, 0.4) is 0 Å². The Morgan fingerprint density at radius 1 is 0.917 bits per heavy atom. The number of benzene rings is 3. The standard InChI is InChI=1S/C28H27NO7/c1-18-23(29-27(36-18)20-7-5-4-6-8-20)13-14-34-21-11-9-19(10-12-21)17-35-25-16-22(32-2)15-24(33-3)26(25)28(30)31/h4-12,15-16H,13-14,17H2,1-3H3,(H,30,31). The lowest BCUT2D eigenvalue weighted by molar-refractivity contribution is 0.0687. The van der Waals surface area contributed by atoms with E-state index in [-0.39, 0.29) is 23.7 Å². The predicted octanol–water partition coefficient (Wildman–Crippen LogP) is 5.57. The zero-order chi connectivity index (χ0) is 25.5. The molecule has 4 rings (SSSR count). The number of carboxylic acids is 1. The molecule has 0 bridgehead atoms. The zero-order valence-corrected chi connectivity index (χ0v) is 20.3. The summed E-state index contributed by atoms with van der Waals surface area (Å²) in [4.78, 5) is 16.3. The molecule has 8 nitrogen and oxygen atoms in total. The van der Waals surface area contributed by atoms with Crippen LogP contribution in [0.15, 0.2) is 71.1 Å². The third kappa shape index (κ3) is 5.78. The molecule has 0 aliphatic carbocycles. The molecule has 0 aliphatic heterocycles. The molecule has 0 unspecified atom stereocenters. The van der Waals surface area contributed by atoms with Gasteiger partial charge in [0.25, 0.3) is 0 Å². The molecule has 0 spiro atoms. The van der Waals surface area contributed by atoms with Crippen molar-refractivity contribution in [3.8, 4) is 34.5 Å². The van der Waals surface area contributed by atoms with Crippen molar-refractivity contribution < 1.29 is 33.3 Å². The second-order valence-electron chi connectivity index (χ2n) is 7.93. The molecule has 0 saturated heterocycles. The van der Waals surface area contributed by atoms with E-state index >= 15 is 0 Å². The lowest BCUT2D eigenvalue weighted by atomic mass is 10.1. The van der Waals surface area contributed by atoms with Crippen LogP contribution >= 0.6 is 0 Å². The van der Waals surface area contributed by atoms with Gasteiger partial charge in [-0.15, -0.1) is 0 Å². The lowest BCUT2D eigenvalue weighted by Gasteiger charge is -2.14. The summed E-state index contributed by atoms with van der Waals surface area (Å²) in [6, 6.07) is 20.2. The first-order valence-electron chi connectivity index (χ1n) is 11.3. The molecule has 1 heterocycles. The summed E-state index contributed by atoms with van der Waals surface area (Å²) in [6.07, 6.45) is 0.614. The maximum absolute atomic E-state index is 11.7. The van der Waals surface area contributed by atoms with Crippen molar-refractivity contribution in [2.24, 2.45) is 0 Å². The van der Waals surface area contributed by atoms with Crippen LogP contribution in [-0.2, 0) is 13.0 Å². The molecule has 1 aromatic heterocycles. The van der Waals surface area contributed by atoms with Crippen LogP contribution in [0.4, 0.5) is 0 Å². The van der Waals surface area contributed by atoms with Crippen LogP contribution in [0.1, 0.15) is 27.4 Å². The summed E-state index contributed by atoms with van der Waals surface area (Å²) >= 11 is 0. The number of aromatic nitrogens is 1. The minimum atomic E-state index is -1.15. The van der Waals surface area contributed by atoms with Crippen LogP contribution in [0.25, 0.3) is 11.5 Å². The fraction of sp³-hybridized carbons (Fsp3) is 0.214. The second kappa shape index (κ2) is 11.3. The number of hydrogen-bond donors (Lipinski definition) is 1. The SMILES string of the molecule is COc1cc(OC)c(C(=O)O)c(OCc2ccc(OCCc3nc(-c4ccccc4)oc3C)cc2)c1. The molecule has 0 radical (unpaired) electrons. The number of rotatable bonds is 11. The molecular formula is C28H27NO7. The Morgan fingerprint density at radius 2 is 1.64 bits per heavy atom. The van der Waals surface area contributed by atoms with Crippen molar-refractivity contribution in [1.82, 2.24) is 4.98 Å². The molecule has 4 aromatic rings. The van der Waals surface area contributed by atoms with Gasteiger partial charge in [-0.1, -0.05) is 30.3 Å². The second-order valence-corrected chi connectivity index (χ2v) is 7.93. The van der Waals surface area contributed by atoms with Crippen molar-refractivity contribution >= 4 is 5.97 Å². The molecule has 8 heteroatoms. The number of aromatic carboxylic acids is 1. The van der Waals surface area contributed by atoms with Gasteiger partial charge in [0.1, 0.15) is 40.9 Å². The smallest absolute Gasteiger partial charge is 0.343 e. The molecule has 3 aromatic carbocycles. The van der Waals surface area contributed by atoms with Crippen molar-refractivity contribution in [2.45, 2.75) is 20.0 Å². The largest absolute Gasteiger partial charge is 0.496 e. The van der Waals surface area contributed by atoms with Crippen LogP contribution in [0.5, 0.6) is 23.0 Å². The van der Waals surface area contributed by atoms with Crippen LogP contribution in [0, 0.1) is 6.92 Å². The van der Waals surface area contributed by atoms with Crippen LogP contribution in [0.2, 0.25) is 0 Å². The van der Waals surface area contributed by atoms with Crippen molar-refractivity contribution in [2.75, 3.05) is 20.8 Å². The summed E-state index contributed by atoms with van der Waals surface area (Å²) in [6.45, 7) is 2.51. The maximum Gasteiger partial charge on any atom is 0.343 e. The lowest BCUT2D eigenvalue weighted by Crippen LogP contribution is -2.06. The number of methoxy groups -OCH3 is 2. The molecule has 0 amide bonds. The van der Waals surface area contributed by atoms with Gasteiger partial charge < -0.3 is 28.5 Å². The number of ether oxygens (including phenoxy) is 4. The average Bonchev–Trinajstić information content (AvgIpc) is 3.28. The highest BCUT2D eigenvalue weighted by Crippen LogP contribution is 2.34.